The maximum absolute atomic E-state index is 14.7. The van der Waals surface area contributed by atoms with Crippen molar-refractivity contribution in [3.63, 3.8) is 0 Å². The normalized spacial score (nSPS) is 12.2. The molecule has 1 atom stereocenters. The van der Waals surface area contributed by atoms with Crippen LogP contribution in [0.5, 0.6) is 0 Å². The topological polar surface area (TPSA) is 86.8 Å². The van der Waals surface area contributed by atoms with Crippen molar-refractivity contribution in [3.8, 4) is 0 Å². The maximum atomic E-state index is 14.7. The number of nitrogens with one attached hydrogen (secondary N) is 1. The van der Waals surface area contributed by atoms with Gasteiger partial charge in [0.05, 0.1) is 11.9 Å². The van der Waals surface area contributed by atoms with Crippen LogP contribution in [0.4, 0.5) is 10.1 Å². The van der Waals surface area contributed by atoms with Gasteiger partial charge in [-0.3, -0.25) is 13.9 Å². The number of amides is 2. The summed E-state index contributed by atoms with van der Waals surface area (Å²) in [5.41, 5.74) is 1.14. The number of hydrogen-bond acceptors (Lipinski definition) is 4. The highest BCUT2D eigenvalue weighted by molar-refractivity contribution is 7.92. The first kappa shape index (κ1) is 30.1. The van der Waals surface area contributed by atoms with Gasteiger partial charge in [-0.05, 0) is 35.2 Å². The van der Waals surface area contributed by atoms with Gasteiger partial charge in [-0.15, -0.1) is 0 Å². The molecular formula is C29H33ClFN3O4S. The SMILES string of the molecule is CC(C)CNC(=O)C(Cc1ccccc1)N(Cc1ccccc1Cl)C(=O)CN(c1ccccc1F)S(C)(=O)=O. The quantitative estimate of drug-likeness (QED) is 0.341. The van der Waals surface area contributed by atoms with Gasteiger partial charge in [0.25, 0.3) is 0 Å². The molecule has 3 rings (SSSR count). The summed E-state index contributed by atoms with van der Waals surface area (Å²) >= 11 is 6.42. The van der Waals surface area contributed by atoms with Gasteiger partial charge in [-0.25, -0.2) is 12.8 Å². The van der Waals surface area contributed by atoms with Gasteiger partial charge in [0.2, 0.25) is 21.8 Å². The van der Waals surface area contributed by atoms with Crippen molar-refractivity contribution in [2.75, 3.05) is 23.7 Å². The summed E-state index contributed by atoms with van der Waals surface area (Å²) in [6.45, 7) is 3.55. The zero-order valence-corrected chi connectivity index (χ0v) is 23.8. The third-order valence-electron chi connectivity index (χ3n) is 6.05. The van der Waals surface area contributed by atoms with Gasteiger partial charge in [0, 0.05) is 24.5 Å². The van der Waals surface area contributed by atoms with Crippen molar-refractivity contribution in [2.24, 2.45) is 5.92 Å². The molecular weight excluding hydrogens is 541 g/mol. The summed E-state index contributed by atoms with van der Waals surface area (Å²) in [6, 6.07) is 20.5. The molecule has 0 fully saturated rings. The van der Waals surface area contributed by atoms with Gasteiger partial charge in [0.1, 0.15) is 18.4 Å². The van der Waals surface area contributed by atoms with Crippen LogP contribution in [-0.2, 0) is 32.6 Å². The predicted octanol–water partition coefficient (Wildman–Crippen LogP) is 4.66. The minimum absolute atomic E-state index is 0.0556. The first-order chi connectivity index (χ1) is 18.5. The molecule has 3 aromatic carbocycles. The first-order valence-electron chi connectivity index (χ1n) is 12.5. The van der Waals surface area contributed by atoms with Gasteiger partial charge in [0.15, 0.2) is 0 Å². The molecule has 0 aliphatic carbocycles. The molecule has 2 amide bonds. The van der Waals surface area contributed by atoms with Gasteiger partial charge < -0.3 is 10.2 Å². The minimum Gasteiger partial charge on any atom is -0.354 e. The number of carbonyl (C=O) groups is 2. The monoisotopic (exact) mass is 573 g/mol. The number of sulfonamides is 1. The highest BCUT2D eigenvalue weighted by Gasteiger charge is 2.33. The zero-order valence-electron chi connectivity index (χ0n) is 22.2. The second kappa shape index (κ2) is 13.6. The molecule has 1 N–H and O–H groups in total. The summed E-state index contributed by atoms with van der Waals surface area (Å²) in [4.78, 5) is 28.8. The Morgan fingerprint density at radius 2 is 1.56 bits per heavy atom. The number of anilines is 1. The summed E-state index contributed by atoms with van der Waals surface area (Å²) in [5, 5.41) is 3.30. The lowest BCUT2D eigenvalue weighted by Gasteiger charge is -2.34. The molecule has 208 valence electrons. The Bertz CT molecular complexity index is 1390. The smallest absolute Gasteiger partial charge is 0.244 e. The van der Waals surface area contributed by atoms with Crippen LogP contribution in [-0.4, -0.2) is 50.5 Å². The average Bonchev–Trinajstić information content (AvgIpc) is 2.89. The highest BCUT2D eigenvalue weighted by Crippen LogP contribution is 2.24. The Hall–Kier alpha value is -3.43. The number of carbonyl (C=O) groups excluding carboxylic acids is 2. The molecule has 0 bridgehead atoms. The number of para-hydroxylation sites is 1. The molecule has 0 spiro atoms. The van der Waals surface area contributed by atoms with Crippen LogP contribution in [0.2, 0.25) is 5.02 Å². The largest absolute Gasteiger partial charge is 0.354 e. The standard InChI is InChI=1S/C29H33ClFN3O4S/c1-21(2)18-32-29(36)27(17-22-11-5-4-6-12-22)33(19-23-13-7-8-14-24(23)30)28(35)20-34(39(3,37)38)26-16-10-9-15-25(26)31/h4-16,21,27H,17-20H2,1-3H3,(H,32,36). The summed E-state index contributed by atoms with van der Waals surface area (Å²) in [7, 11) is -4.06. The molecule has 10 heteroatoms. The van der Waals surface area contributed by atoms with Crippen molar-refractivity contribution in [3.05, 3.63) is 101 Å². The molecule has 0 saturated carbocycles. The van der Waals surface area contributed by atoms with Crippen molar-refractivity contribution >= 4 is 39.1 Å². The van der Waals surface area contributed by atoms with Crippen LogP contribution < -0.4 is 9.62 Å². The lowest BCUT2D eigenvalue weighted by atomic mass is 10.0. The Balaban J connectivity index is 2.06. The van der Waals surface area contributed by atoms with Crippen LogP contribution in [0.1, 0.15) is 25.0 Å². The molecule has 39 heavy (non-hydrogen) atoms. The minimum atomic E-state index is -4.06. The number of nitrogens with zero attached hydrogens (tertiary/aromatic N) is 2. The van der Waals surface area contributed by atoms with Gasteiger partial charge in [-0.2, -0.15) is 0 Å². The Morgan fingerprint density at radius 3 is 2.18 bits per heavy atom. The molecule has 0 aliphatic heterocycles. The number of halogens is 2. The fourth-order valence-electron chi connectivity index (χ4n) is 4.04. The van der Waals surface area contributed by atoms with E-state index in [1.807, 2.05) is 44.2 Å². The summed E-state index contributed by atoms with van der Waals surface area (Å²) < 4.78 is 40.8. The molecule has 1 unspecified atom stereocenters. The Labute approximate surface area is 234 Å². The Morgan fingerprint density at radius 1 is 0.949 bits per heavy atom. The van der Waals surface area contributed by atoms with Crippen molar-refractivity contribution < 1.29 is 22.4 Å². The molecule has 3 aromatic rings. The second-order valence-corrected chi connectivity index (χ2v) is 12.0. The number of hydrogen-bond donors (Lipinski definition) is 1. The average molecular weight is 574 g/mol. The molecule has 0 aliphatic rings. The second-order valence-electron chi connectivity index (χ2n) is 9.68. The summed E-state index contributed by atoms with van der Waals surface area (Å²) in [6.07, 6.45) is 1.08. The van der Waals surface area contributed by atoms with E-state index in [0.29, 0.717) is 17.1 Å². The highest BCUT2D eigenvalue weighted by atomic mass is 35.5. The van der Waals surface area contributed by atoms with Crippen molar-refractivity contribution in [1.29, 1.82) is 0 Å². The fraction of sp³-hybridized carbons (Fsp3) is 0.310. The zero-order chi connectivity index (χ0) is 28.6. The van der Waals surface area contributed by atoms with Crippen molar-refractivity contribution in [2.45, 2.75) is 32.9 Å². The maximum Gasteiger partial charge on any atom is 0.244 e. The molecule has 0 saturated heterocycles. The van der Waals surface area contributed by atoms with E-state index < -0.39 is 34.3 Å². The number of benzene rings is 3. The van der Waals surface area contributed by atoms with E-state index in [1.54, 1.807) is 24.3 Å². The van der Waals surface area contributed by atoms with E-state index in [9.17, 15) is 22.4 Å². The molecule has 0 heterocycles. The summed E-state index contributed by atoms with van der Waals surface area (Å²) in [5.74, 6) is -1.68. The molecule has 0 radical (unpaired) electrons. The predicted molar refractivity (Wildman–Crippen MR) is 152 cm³/mol. The van der Waals surface area contributed by atoms with Crippen LogP contribution in [0.15, 0.2) is 78.9 Å². The van der Waals surface area contributed by atoms with Crippen molar-refractivity contribution in [1.82, 2.24) is 10.2 Å². The third kappa shape index (κ3) is 8.53. The molecule has 0 aromatic heterocycles. The van der Waals surface area contributed by atoms with Crippen LogP contribution in [0.3, 0.4) is 0 Å². The van der Waals surface area contributed by atoms with E-state index in [2.05, 4.69) is 5.32 Å². The van der Waals surface area contributed by atoms with Crippen LogP contribution in [0, 0.1) is 11.7 Å². The molecule has 7 nitrogen and oxygen atoms in total. The van der Waals surface area contributed by atoms with E-state index in [0.717, 1.165) is 22.2 Å². The van der Waals surface area contributed by atoms with E-state index in [-0.39, 0.29) is 30.5 Å². The number of rotatable bonds is 12. The lowest BCUT2D eigenvalue weighted by molar-refractivity contribution is -0.140. The lowest BCUT2D eigenvalue weighted by Crippen LogP contribution is -2.53. The fourth-order valence-corrected chi connectivity index (χ4v) is 5.08. The third-order valence-corrected chi connectivity index (χ3v) is 7.55. The van der Waals surface area contributed by atoms with E-state index >= 15 is 0 Å². The van der Waals surface area contributed by atoms with Gasteiger partial charge >= 0.3 is 0 Å². The van der Waals surface area contributed by atoms with E-state index in [4.69, 9.17) is 11.6 Å². The van der Waals surface area contributed by atoms with Gasteiger partial charge in [-0.1, -0.05) is 86.1 Å². The van der Waals surface area contributed by atoms with E-state index in [1.165, 1.54) is 23.1 Å². The van der Waals surface area contributed by atoms with Crippen LogP contribution in [0.25, 0.3) is 0 Å². The Kier molecular flexibility index (Phi) is 10.5. The van der Waals surface area contributed by atoms with Crippen LogP contribution >= 0.6 is 11.6 Å². The first-order valence-corrected chi connectivity index (χ1v) is 14.8.